The first-order valence-electron chi connectivity index (χ1n) is 9.20. The molecule has 6 nitrogen and oxygen atoms in total. The lowest BCUT2D eigenvalue weighted by Gasteiger charge is -2.25. The highest BCUT2D eigenvalue weighted by atomic mass is 16.6. The molecule has 1 aliphatic heterocycles. The van der Waals surface area contributed by atoms with E-state index in [9.17, 15) is 9.59 Å². The molecule has 1 aromatic carbocycles. The third kappa shape index (κ3) is 6.52. The fourth-order valence-corrected chi connectivity index (χ4v) is 2.86. The Kier molecular flexibility index (Phi) is 6.73. The summed E-state index contributed by atoms with van der Waals surface area (Å²) in [5, 5.41) is 2.99. The summed E-state index contributed by atoms with van der Waals surface area (Å²) >= 11 is 0. The fourth-order valence-electron chi connectivity index (χ4n) is 2.86. The maximum atomic E-state index is 12.7. The van der Waals surface area contributed by atoms with Crippen LogP contribution in [-0.2, 0) is 11.3 Å². The highest BCUT2D eigenvalue weighted by Gasteiger charge is 2.31. The number of terminal acetylenes is 1. The summed E-state index contributed by atoms with van der Waals surface area (Å²) in [6.07, 6.45) is 5.78. The number of rotatable bonds is 4. The van der Waals surface area contributed by atoms with Gasteiger partial charge >= 0.3 is 12.1 Å². The maximum absolute atomic E-state index is 12.7. The highest BCUT2D eigenvalue weighted by Crippen LogP contribution is 2.16. The lowest BCUT2D eigenvalue weighted by molar-refractivity contribution is 0.0291. The van der Waals surface area contributed by atoms with Crippen LogP contribution in [0.15, 0.2) is 24.3 Å². The number of carbonyl (C=O) groups is 2. The van der Waals surface area contributed by atoms with Gasteiger partial charge in [0.15, 0.2) is 0 Å². The molecule has 0 bridgehead atoms. The van der Waals surface area contributed by atoms with Crippen LogP contribution >= 0.6 is 0 Å². The van der Waals surface area contributed by atoms with Crippen molar-refractivity contribution in [1.29, 1.82) is 0 Å². The highest BCUT2D eigenvalue weighted by molar-refractivity contribution is 5.75. The summed E-state index contributed by atoms with van der Waals surface area (Å²) in [6.45, 7) is 9.20. The van der Waals surface area contributed by atoms with Gasteiger partial charge in [-0.15, -0.1) is 6.42 Å². The largest absolute Gasteiger partial charge is 0.444 e. The predicted molar refractivity (Wildman–Crippen MR) is 105 cm³/mol. The predicted octanol–water partition coefficient (Wildman–Crippen LogP) is 3.15. The van der Waals surface area contributed by atoms with E-state index in [0.717, 1.165) is 5.56 Å². The molecular formula is C21H29N3O3. The van der Waals surface area contributed by atoms with E-state index in [1.165, 1.54) is 5.56 Å². The Morgan fingerprint density at radius 3 is 2.59 bits per heavy atom. The monoisotopic (exact) mass is 371 g/mol. The topological polar surface area (TPSA) is 61.9 Å². The Labute approximate surface area is 161 Å². The molecule has 3 amide bonds. The van der Waals surface area contributed by atoms with Crippen LogP contribution < -0.4 is 5.32 Å². The summed E-state index contributed by atoms with van der Waals surface area (Å²) in [4.78, 5) is 28.0. The van der Waals surface area contributed by atoms with Gasteiger partial charge in [-0.25, -0.2) is 9.59 Å². The molecular weight excluding hydrogens is 342 g/mol. The molecule has 1 N–H and O–H groups in total. The summed E-state index contributed by atoms with van der Waals surface area (Å²) < 4.78 is 5.39. The van der Waals surface area contributed by atoms with Crippen LogP contribution in [0.5, 0.6) is 0 Å². The van der Waals surface area contributed by atoms with Crippen molar-refractivity contribution in [1.82, 2.24) is 15.1 Å². The molecule has 1 unspecified atom stereocenters. The van der Waals surface area contributed by atoms with Crippen molar-refractivity contribution in [2.45, 2.75) is 52.3 Å². The second-order valence-corrected chi connectivity index (χ2v) is 7.91. The number of ether oxygens (including phenoxy) is 1. The van der Waals surface area contributed by atoms with Crippen LogP contribution in [0.2, 0.25) is 0 Å². The third-order valence-corrected chi connectivity index (χ3v) is 4.23. The number of nitrogens with one attached hydrogen (secondary N) is 1. The molecule has 146 valence electrons. The fraction of sp³-hybridized carbons (Fsp3) is 0.524. The zero-order chi connectivity index (χ0) is 20.0. The van der Waals surface area contributed by atoms with Crippen molar-refractivity contribution < 1.29 is 14.3 Å². The number of hydrogen-bond acceptors (Lipinski definition) is 3. The second kappa shape index (κ2) is 8.81. The van der Waals surface area contributed by atoms with E-state index in [1.807, 2.05) is 52.0 Å². The van der Waals surface area contributed by atoms with Crippen LogP contribution in [0.4, 0.5) is 9.59 Å². The van der Waals surface area contributed by atoms with Crippen molar-refractivity contribution in [3.8, 4) is 12.3 Å². The van der Waals surface area contributed by atoms with E-state index in [2.05, 4.69) is 11.2 Å². The smallest absolute Gasteiger partial charge is 0.410 e. The van der Waals surface area contributed by atoms with Crippen LogP contribution in [0, 0.1) is 19.3 Å². The third-order valence-electron chi connectivity index (χ3n) is 4.23. The van der Waals surface area contributed by atoms with Gasteiger partial charge in [0.2, 0.25) is 0 Å². The van der Waals surface area contributed by atoms with Gasteiger partial charge in [0.05, 0.1) is 6.54 Å². The molecule has 2 rings (SSSR count). The number of likely N-dealkylation sites (tertiary alicyclic amines) is 1. The molecule has 0 saturated carbocycles. The van der Waals surface area contributed by atoms with Gasteiger partial charge in [0.25, 0.3) is 0 Å². The molecule has 6 heteroatoms. The molecule has 0 spiro atoms. The number of urea groups is 1. The Morgan fingerprint density at radius 1 is 1.33 bits per heavy atom. The van der Waals surface area contributed by atoms with Gasteiger partial charge in [-0.2, -0.15) is 0 Å². The number of nitrogens with zero attached hydrogens (tertiary/aromatic N) is 2. The van der Waals surface area contributed by atoms with Gasteiger partial charge in [-0.1, -0.05) is 35.7 Å². The van der Waals surface area contributed by atoms with Crippen molar-refractivity contribution >= 4 is 12.1 Å². The minimum Gasteiger partial charge on any atom is -0.444 e. The lowest BCUT2D eigenvalue weighted by atomic mass is 10.1. The number of hydrogen-bond donors (Lipinski definition) is 1. The second-order valence-electron chi connectivity index (χ2n) is 7.91. The molecule has 1 saturated heterocycles. The molecule has 27 heavy (non-hydrogen) atoms. The number of amides is 3. The first-order valence-corrected chi connectivity index (χ1v) is 9.20. The average molecular weight is 371 g/mol. The summed E-state index contributed by atoms with van der Waals surface area (Å²) in [6, 6.07) is 7.68. The van der Waals surface area contributed by atoms with Crippen LogP contribution in [0.25, 0.3) is 0 Å². The van der Waals surface area contributed by atoms with E-state index in [1.54, 1.807) is 9.80 Å². The number of carbonyl (C=O) groups excluding carboxylic acids is 2. The van der Waals surface area contributed by atoms with Crippen LogP contribution in [-0.4, -0.2) is 53.2 Å². The Balaban J connectivity index is 1.91. The Hall–Kier alpha value is -2.68. The van der Waals surface area contributed by atoms with Gasteiger partial charge in [0, 0.05) is 25.7 Å². The zero-order valence-electron chi connectivity index (χ0n) is 16.6. The Morgan fingerprint density at radius 2 is 2.00 bits per heavy atom. The number of aryl methyl sites for hydroxylation is 1. The average Bonchev–Trinajstić information content (AvgIpc) is 3.03. The Bertz CT molecular complexity index is 701. The summed E-state index contributed by atoms with van der Waals surface area (Å²) in [5.41, 5.74) is 1.66. The molecule has 1 atom stereocenters. The van der Waals surface area contributed by atoms with E-state index in [0.29, 0.717) is 26.1 Å². The van der Waals surface area contributed by atoms with E-state index in [4.69, 9.17) is 11.2 Å². The zero-order valence-corrected chi connectivity index (χ0v) is 16.6. The summed E-state index contributed by atoms with van der Waals surface area (Å²) in [5.74, 6) is 2.54. The van der Waals surface area contributed by atoms with Gasteiger partial charge in [-0.3, -0.25) is 0 Å². The first-order chi connectivity index (χ1) is 12.7. The molecule has 0 radical (unpaired) electrons. The standard InChI is InChI=1S/C21H29N3O3/c1-6-12-23(14-17-9-7-16(2)8-10-17)19(25)22-18-11-13-24(15-18)20(26)27-21(3,4)5/h1,7-10,18H,11-15H2,2-5H3,(H,22,25). The molecule has 0 aromatic heterocycles. The minimum atomic E-state index is -0.532. The normalized spacial score (nSPS) is 16.6. The molecule has 1 fully saturated rings. The van der Waals surface area contributed by atoms with E-state index in [-0.39, 0.29) is 24.7 Å². The van der Waals surface area contributed by atoms with E-state index < -0.39 is 5.60 Å². The van der Waals surface area contributed by atoms with Crippen LogP contribution in [0.1, 0.15) is 38.3 Å². The van der Waals surface area contributed by atoms with Gasteiger partial charge < -0.3 is 19.9 Å². The van der Waals surface area contributed by atoms with Crippen molar-refractivity contribution in [2.24, 2.45) is 0 Å². The van der Waals surface area contributed by atoms with Crippen molar-refractivity contribution in [3.05, 3.63) is 35.4 Å². The first kappa shape index (κ1) is 20.6. The quantitative estimate of drug-likeness (QED) is 0.827. The maximum Gasteiger partial charge on any atom is 0.410 e. The van der Waals surface area contributed by atoms with Gasteiger partial charge in [0.1, 0.15) is 5.60 Å². The van der Waals surface area contributed by atoms with Crippen molar-refractivity contribution in [2.75, 3.05) is 19.6 Å². The summed E-state index contributed by atoms with van der Waals surface area (Å²) in [7, 11) is 0. The van der Waals surface area contributed by atoms with E-state index >= 15 is 0 Å². The minimum absolute atomic E-state index is 0.108. The van der Waals surface area contributed by atoms with Crippen LogP contribution in [0.3, 0.4) is 0 Å². The molecule has 1 aliphatic rings. The van der Waals surface area contributed by atoms with Gasteiger partial charge in [-0.05, 0) is 39.7 Å². The number of benzene rings is 1. The lowest BCUT2D eigenvalue weighted by Crippen LogP contribution is -2.46. The molecule has 0 aliphatic carbocycles. The SMILES string of the molecule is C#CCN(Cc1ccc(C)cc1)C(=O)NC1CCN(C(=O)OC(C)(C)C)C1. The van der Waals surface area contributed by atoms with Crippen molar-refractivity contribution in [3.63, 3.8) is 0 Å². The molecule has 1 aromatic rings. The molecule has 1 heterocycles.